The van der Waals surface area contributed by atoms with Crippen molar-refractivity contribution in [2.45, 2.75) is 13.0 Å². The first kappa shape index (κ1) is 12.9. The lowest BCUT2D eigenvalue weighted by atomic mass is 10.1. The molecule has 0 aliphatic carbocycles. The van der Waals surface area contributed by atoms with E-state index in [0.717, 1.165) is 0 Å². The average Bonchev–Trinajstić information content (AvgIpc) is 2.34. The fourth-order valence-electron chi connectivity index (χ4n) is 1.63. The Morgan fingerprint density at radius 1 is 1.17 bits per heavy atom. The monoisotopic (exact) mass is 265 g/mol. The summed E-state index contributed by atoms with van der Waals surface area (Å²) in [6.07, 6.45) is 0. The van der Waals surface area contributed by atoms with E-state index in [0.29, 0.717) is 16.3 Å². The molecule has 0 radical (unpaired) electrons. The minimum absolute atomic E-state index is 0.126. The summed E-state index contributed by atoms with van der Waals surface area (Å²) in [4.78, 5) is 0. The van der Waals surface area contributed by atoms with Gasteiger partial charge in [0.15, 0.2) is 11.6 Å². The molecular formula is C14H13ClFNO. The highest BCUT2D eigenvalue weighted by Crippen LogP contribution is 2.34. The van der Waals surface area contributed by atoms with Crippen LogP contribution in [0.1, 0.15) is 18.5 Å². The van der Waals surface area contributed by atoms with Crippen molar-refractivity contribution >= 4 is 11.6 Å². The van der Waals surface area contributed by atoms with Crippen LogP contribution in [0.5, 0.6) is 11.5 Å². The first-order valence-corrected chi connectivity index (χ1v) is 5.93. The number of hydrogen-bond donors (Lipinski definition) is 1. The number of nitrogens with two attached hydrogens (primary N) is 1. The second-order valence-corrected chi connectivity index (χ2v) is 4.39. The van der Waals surface area contributed by atoms with Crippen molar-refractivity contribution in [2.75, 3.05) is 0 Å². The zero-order valence-corrected chi connectivity index (χ0v) is 10.6. The normalized spacial score (nSPS) is 12.2. The summed E-state index contributed by atoms with van der Waals surface area (Å²) in [5.41, 5.74) is 6.40. The molecule has 2 N–H and O–H groups in total. The van der Waals surface area contributed by atoms with E-state index < -0.39 is 5.82 Å². The van der Waals surface area contributed by atoms with Crippen LogP contribution in [-0.4, -0.2) is 0 Å². The molecule has 0 fully saturated rings. The van der Waals surface area contributed by atoms with Gasteiger partial charge in [0.05, 0.1) is 5.02 Å². The van der Waals surface area contributed by atoms with Crippen LogP contribution in [0.2, 0.25) is 5.02 Å². The maximum absolute atomic E-state index is 13.8. The predicted octanol–water partition coefficient (Wildman–Crippen LogP) is 4.29. The Bertz CT molecular complexity index is 557. The highest BCUT2D eigenvalue weighted by atomic mass is 35.5. The van der Waals surface area contributed by atoms with Crippen LogP contribution in [0.25, 0.3) is 0 Å². The highest BCUT2D eigenvalue weighted by molar-refractivity contribution is 6.32. The number of ether oxygens (including phenoxy) is 1. The number of halogens is 2. The molecule has 0 unspecified atom stereocenters. The first-order valence-electron chi connectivity index (χ1n) is 5.56. The lowest BCUT2D eigenvalue weighted by molar-refractivity contribution is 0.433. The van der Waals surface area contributed by atoms with Crippen LogP contribution < -0.4 is 10.5 Å². The van der Waals surface area contributed by atoms with Crippen molar-refractivity contribution in [1.82, 2.24) is 0 Å². The number of benzene rings is 2. The van der Waals surface area contributed by atoms with Crippen LogP contribution >= 0.6 is 11.6 Å². The van der Waals surface area contributed by atoms with Crippen LogP contribution in [0, 0.1) is 5.82 Å². The van der Waals surface area contributed by atoms with E-state index >= 15 is 0 Å². The fraction of sp³-hybridized carbons (Fsp3) is 0.143. The molecule has 0 bridgehead atoms. The summed E-state index contributed by atoms with van der Waals surface area (Å²) in [6, 6.07) is 11.3. The first-order chi connectivity index (χ1) is 8.59. The molecule has 18 heavy (non-hydrogen) atoms. The van der Waals surface area contributed by atoms with E-state index in [4.69, 9.17) is 22.1 Å². The number of hydrogen-bond acceptors (Lipinski definition) is 2. The van der Waals surface area contributed by atoms with Gasteiger partial charge in [0.25, 0.3) is 0 Å². The summed E-state index contributed by atoms with van der Waals surface area (Å²) in [5.74, 6) is 0.0801. The standard InChI is InChI=1S/C14H13ClFNO/c1-9(17)10-5-4-7-12(16)14(10)18-13-8-3-2-6-11(13)15/h2-9H,17H2,1H3/t9-/m0/s1. The van der Waals surface area contributed by atoms with Crippen LogP contribution in [0.15, 0.2) is 42.5 Å². The molecule has 2 aromatic rings. The molecule has 94 valence electrons. The smallest absolute Gasteiger partial charge is 0.167 e. The van der Waals surface area contributed by atoms with E-state index in [1.54, 1.807) is 43.3 Å². The maximum atomic E-state index is 13.8. The molecule has 2 aromatic carbocycles. The lowest BCUT2D eigenvalue weighted by Crippen LogP contribution is -2.07. The Balaban J connectivity index is 2.43. The maximum Gasteiger partial charge on any atom is 0.167 e. The van der Waals surface area contributed by atoms with Crippen LogP contribution in [0.3, 0.4) is 0 Å². The highest BCUT2D eigenvalue weighted by Gasteiger charge is 2.14. The second kappa shape index (κ2) is 5.38. The van der Waals surface area contributed by atoms with Gasteiger partial charge in [-0.1, -0.05) is 35.9 Å². The van der Waals surface area contributed by atoms with Crippen molar-refractivity contribution in [3.8, 4) is 11.5 Å². The summed E-state index contributed by atoms with van der Waals surface area (Å²) in [5, 5.41) is 0.427. The van der Waals surface area contributed by atoms with Crippen molar-refractivity contribution in [3.63, 3.8) is 0 Å². The second-order valence-electron chi connectivity index (χ2n) is 3.98. The van der Waals surface area contributed by atoms with E-state index in [1.165, 1.54) is 6.07 Å². The Hall–Kier alpha value is -1.58. The lowest BCUT2D eigenvalue weighted by Gasteiger charge is -2.15. The van der Waals surface area contributed by atoms with Crippen molar-refractivity contribution in [2.24, 2.45) is 5.73 Å². The van der Waals surface area contributed by atoms with Gasteiger partial charge in [-0.2, -0.15) is 0 Å². The third-order valence-electron chi connectivity index (χ3n) is 2.54. The fourth-order valence-corrected chi connectivity index (χ4v) is 1.80. The van der Waals surface area contributed by atoms with Gasteiger partial charge in [0.1, 0.15) is 5.75 Å². The summed E-state index contributed by atoms with van der Waals surface area (Å²) < 4.78 is 19.3. The molecule has 0 aliphatic rings. The minimum atomic E-state index is -0.454. The van der Waals surface area contributed by atoms with Gasteiger partial charge in [-0.3, -0.25) is 0 Å². The van der Waals surface area contributed by atoms with Crippen LogP contribution in [0.4, 0.5) is 4.39 Å². The molecule has 0 aliphatic heterocycles. The molecule has 0 aromatic heterocycles. The quantitative estimate of drug-likeness (QED) is 0.898. The summed E-state index contributed by atoms with van der Waals surface area (Å²) in [6.45, 7) is 1.77. The average molecular weight is 266 g/mol. The molecular weight excluding hydrogens is 253 g/mol. The molecule has 1 atom stereocenters. The molecule has 0 amide bonds. The van der Waals surface area contributed by atoms with E-state index in [-0.39, 0.29) is 11.8 Å². The third kappa shape index (κ3) is 2.63. The zero-order valence-electron chi connectivity index (χ0n) is 9.86. The van der Waals surface area contributed by atoms with Gasteiger partial charge in [-0.25, -0.2) is 4.39 Å². The van der Waals surface area contributed by atoms with Gasteiger partial charge >= 0.3 is 0 Å². The van der Waals surface area contributed by atoms with Gasteiger partial charge in [0, 0.05) is 11.6 Å². The number of para-hydroxylation sites is 2. The van der Waals surface area contributed by atoms with Crippen molar-refractivity contribution in [1.29, 1.82) is 0 Å². The molecule has 2 nitrogen and oxygen atoms in total. The largest absolute Gasteiger partial charge is 0.452 e. The van der Waals surface area contributed by atoms with Gasteiger partial charge in [0.2, 0.25) is 0 Å². The van der Waals surface area contributed by atoms with E-state index in [9.17, 15) is 4.39 Å². The Labute approximate surface area is 110 Å². The topological polar surface area (TPSA) is 35.2 Å². The summed E-state index contributed by atoms with van der Waals surface area (Å²) >= 11 is 5.98. The van der Waals surface area contributed by atoms with E-state index in [2.05, 4.69) is 0 Å². The molecule has 0 saturated carbocycles. The Kier molecular flexibility index (Phi) is 3.84. The summed E-state index contributed by atoms with van der Waals surface area (Å²) in [7, 11) is 0. The zero-order chi connectivity index (χ0) is 13.1. The third-order valence-corrected chi connectivity index (χ3v) is 2.85. The van der Waals surface area contributed by atoms with Crippen LogP contribution in [-0.2, 0) is 0 Å². The van der Waals surface area contributed by atoms with Crippen molar-refractivity contribution in [3.05, 3.63) is 58.9 Å². The number of rotatable bonds is 3. The van der Waals surface area contributed by atoms with E-state index in [1.807, 2.05) is 0 Å². The molecule has 0 heterocycles. The Morgan fingerprint density at radius 2 is 1.89 bits per heavy atom. The van der Waals surface area contributed by atoms with Gasteiger partial charge in [-0.05, 0) is 25.1 Å². The Morgan fingerprint density at radius 3 is 2.56 bits per heavy atom. The predicted molar refractivity (Wildman–Crippen MR) is 70.5 cm³/mol. The SMILES string of the molecule is C[C@H](N)c1cccc(F)c1Oc1ccccc1Cl. The molecule has 4 heteroatoms. The molecule has 2 rings (SSSR count). The van der Waals surface area contributed by atoms with Gasteiger partial charge < -0.3 is 10.5 Å². The van der Waals surface area contributed by atoms with Crippen molar-refractivity contribution < 1.29 is 9.13 Å². The minimum Gasteiger partial charge on any atom is -0.452 e. The molecule has 0 saturated heterocycles. The van der Waals surface area contributed by atoms with Gasteiger partial charge in [-0.15, -0.1) is 0 Å². The molecule has 0 spiro atoms.